The number of aliphatic hydroxyl groups is 1. The molecule has 0 spiro atoms. The minimum absolute atomic E-state index is 0. The average molecular weight is 595 g/mol. The molecular formula is C31H39Cl2F2N3O2. The Hall–Kier alpha value is -2.55. The third-order valence-electron chi connectivity index (χ3n) is 7.29. The number of β-amino-alcohol motifs (C(OH)–C–C–N with tert-alkyl or cyclic N) is 1. The van der Waals surface area contributed by atoms with Crippen molar-refractivity contribution in [1.82, 2.24) is 9.80 Å². The smallest absolute Gasteiger partial charge is 0.223 e. The fourth-order valence-electron chi connectivity index (χ4n) is 5.22. The average Bonchev–Trinajstić information content (AvgIpc) is 2.92. The molecule has 3 aromatic carbocycles. The van der Waals surface area contributed by atoms with Crippen LogP contribution in [0.1, 0.15) is 36.8 Å². The first kappa shape index (κ1) is 33.7. The molecule has 9 heteroatoms. The summed E-state index contributed by atoms with van der Waals surface area (Å²) in [7, 11) is 0. The Labute approximate surface area is 248 Å². The maximum absolute atomic E-state index is 13.5. The molecule has 1 N–H and O–H groups in total. The highest BCUT2D eigenvalue weighted by molar-refractivity contribution is 5.91. The van der Waals surface area contributed by atoms with Crippen LogP contribution in [0.5, 0.6) is 0 Å². The van der Waals surface area contributed by atoms with Crippen molar-refractivity contribution in [3.8, 4) is 0 Å². The lowest BCUT2D eigenvalue weighted by molar-refractivity contribution is -0.117. The van der Waals surface area contributed by atoms with E-state index in [-0.39, 0.29) is 54.8 Å². The molecule has 1 heterocycles. The molecule has 1 fully saturated rings. The third-order valence-corrected chi connectivity index (χ3v) is 7.29. The monoisotopic (exact) mass is 593 g/mol. The number of amides is 1. The third kappa shape index (κ3) is 9.82. The van der Waals surface area contributed by atoms with Crippen LogP contribution in [0.4, 0.5) is 14.5 Å². The van der Waals surface area contributed by atoms with Crippen LogP contribution in [0.2, 0.25) is 0 Å². The standard InChI is InChI=1S/C31H37F2N3O2.2ClH/c1-24(37)36(29-6-3-2-4-7-29)23-30(38)22-35-20-18-34(19-21-35)17-5-8-31(25-9-13-27(32)14-10-25)26-11-15-28(33)16-12-26;;/h2-4,6-7,9-16,30-31,38H,5,8,17-23H2,1H3;2*1H. The second-order valence-corrected chi connectivity index (χ2v) is 10.1. The van der Waals surface area contributed by atoms with Crippen molar-refractivity contribution in [2.75, 3.05) is 50.7 Å². The molecule has 1 unspecified atom stereocenters. The van der Waals surface area contributed by atoms with Gasteiger partial charge in [-0.05, 0) is 66.9 Å². The first-order chi connectivity index (χ1) is 18.4. The van der Waals surface area contributed by atoms with Crippen LogP contribution in [0.25, 0.3) is 0 Å². The molecule has 40 heavy (non-hydrogen) atoms. The minimum atomic E-state index is -0.627. The molecule has 1 saturated heterocycles. The van der Waals surface area contributed by atoms with Gasteiger partial charge in [0, 0.05) is 51.3 Å². The van der Waals surface area contributed by atoms with Gasteiger partial charge in [-0.1, -0.05) is 42.5 Å². The van der Waals surface area contributed by atoms with Crippen molar-refractivity contribution < 1.29 is 18.7 Å². The van der Waals surface area contributed by atoms with Gasteiger partial charge in [0.05, 0.1) is 12.6 Å². The van der Waals surface area contributed by atoms with Gasteiger partial charge in [0.2, 0.25) is 5.91 Å². The predicted octanol–water partition coefficient (Wildman–Crippen LogP) is 5.75. The normalized spacial score (nSPS) is 14.7. The molecule has 0 aliphatic carbocycles. The van der Waals surface area contributed by atoms with E-state index in [4.69, 9.17) is 0 Å². The summed E-state index contributed by atoms with van der Waals surface area (Å²) in [4.78, 5) is 18.4. The van der Waals surface area contributed by atoms with Crippen molar-refractivity contribution >= 4 is 36.4 Å². The fourth-order valence-corrected chi connectivity index (χ4v) is 5.22. The number of carbonyl (C=O) groups excluding carboxylic acids is 1. The Kier molecular flexibility index (Phi) is 14.0. The summed E-state index contributed by atoms with van der Waals surface area (Å²) in [5.41, 5.74) is 2.86. The Morgan fingerprint density at radius 2 is 1.32 bits per heavy atom. The van der Waals surface area contributed by atoms with E-state index in [1.807, 2.05) is 54.6 Å². The van der Waals surface area contributed by atoms with Crippen LogP contribution in [-0.4, -0.2) is 72.7 Å². The summed E-state index contributed by atoms with van der Waals surface area (Å²) in [5, 5.41) is 10.7. The van der Waals surface area contributed by atoms with Crippen LogP contribution in [-0.2, 0) is 4.79 Å². The number of carbonyl (C=O) groups is 1. The predicted molar refractivity (Wildman–Crippen MR) is 162 cm³/mol. The number of hydrogen-bond donors (Lipinski definition) is 1. The molecule has 1 aliphatic rings. The van der Waals surface area contributed by atoms with Crippen LogP contribution in [0.15, 0.2) is 78.9 Å². The molecule has 5 nitrogen and oxygen atoms in total. The maximum atomic E-state index is 13.5. The number of hydrogen-bond acceptors (Lipinski definition) is 4. The quantitative estimate of drug-likeness (QED) is 0.307. The van der Waals surface area contributed by atoms with E-state index >= 15 is 0 Å². The number of nitrogens with zero attached hydrogens (tertiary/aromatic N) is 3. The molecule has 0 saturated carbocycles. The molecule has 1 amide bonds. The highest BCUT2D eigenvalue weighted by Crippen LogP contribution is 2.30. The molecule has 4 rings (SSSR count). The first-order valence-electron chi connectivity index (χ1n) is 13.4. The molecular weight excluding hydrogens is 555 g/mol. The SMILES string of the molecule is CC(=O)N(CC(O)CN1CCN(CCCC(c2ccc(F)cc2)c2ccc(F)cc2)CC1)c1ccccc1.Cl.Cl. The van der Waals surface area contributed by atoms with Crippen molar-refractivity contribution in [2.24, 2.45) is 0 Å². The van der Waals surface area contributed by atoms with E-state index in [1.54, 1.807) is 4.90 Å². The topological polar surface area (TPSA) is 47.0 Å². The van der Waals surface area contributed by atoms with Gasteiger partial charge < -0.3 is 14.9 Å². The van der Waals surface area contributed by atoms with Gasteiger partial charge in [-0.25, -0.2) is 8.78 Å². The Bertz CT molecular complexity index is 1100. The highest BCUT2D eigenvalue weighted by Gasteiger charge is 2.22. The zero-order chi connectivity index (χ0) is 26.9. The van der Waals surface area contributed by atoms with E-state index < -0.39 is 6.10 Å². The van der Waals surface area contributed by atoms with Crippen LogP contribution < -0.4 is 4.90 Å². The summed E-state index contributed by atoms with van der Waals surface area (Å²) >= 11 is 0. The van der Waals surface area contributed by atoms with E-state index in [1.165, 1.54) is 31.2 Å². The molecule has 218 valence electrons. The summed E-state index contributed by atoms with van der Waals surface area (Å²) < 4.78 is 27.0. The van der Waals surface area contributed by atoms with Crippen LogP contribution in [0, 0.1) is 11.6 Å². The second-order valence-electron chi connectivity index (χ2n) is 10.1. The Morgan fingerprint density at radius 3 is 1.82 bits per heavy atom. The van der Waals surface area contributed by atoms with Gasteiger partial charge in [0.25, 0.3) is 0 Å². The maximum Gasteiger partial charge on any atom is 0.223 e. The van der Waals surface area contributed by atoms with Crippen LogP contribution >= 0.6 is 24.8 Å². The van der Waals surface area contributed by atoms with Gasteiger partial charge in [0.15, 0.2) is 0 Å². The van der Waals surface area contributed by atoms with E-state index in [0.717, 1.165) is 62.4 Å². The molecule has 3 aromatic rings. The zero-order valence-electron chi connectivity index (χ0n) is 22.8. The van der Waals surface area contributed by atoms with Gasteiger partial charge in [-0.15, -0.1) is 24.8 Å². The fraction of sp³-hybridized carbons (Fsp3) is 0.387. The lowest BCUT2D eigenvalue weighted by Gasteiger charge is -2.36. The number of anilines is 1. The number of rotatable bonds is 11. The summed E-state index contributed by atoms with van der Waals surface area (Å²) in [5.74, 6) is -0.520. The summed E-state index contributed by atoms with van der Waals surface area (Å²) in [6.07, 6.45) is 1.22. The van der Waals surface area contributed by atoms with Gasteiger partial charge >= 0.3 is 0 Å². The minimum Gasteiger partial charge on any atom is -0.390 e. The lowest BCUT2D eigenvalue weighted by Crippen LogP contribution is -2.50. The van der Waals surface area contributed by atoms with Crippen molar-refractivity contribution in [2.45, 2.75) is 31.8 Å². The second kappa shape index (κ2) is 16.7. The Balaban J connectivity index is 0.00000280. The number of benzene rings is 3. The summed E-state index contributed by atoms with van der Waals surface area (Å²) in [6, 6.07) is 22.6. The zero-order valence-corrected chi connectivity index (χ0v) is 24.4. The van der Waals surface area contributed by atoms with Crippen molar-refractivity contribution in [3.63, 3.8) is 0 Å². The van der Waals surface area contributed by atoms with Crippen molar-refractivity contribution in [1.29, 1.82) is 0 Å². The molecule has 1 aliphatic heterocycles. The largest absolute Gasteiger partial charge is 0.390 e. The van der Waals surface area contributed by atoms with Crippen molar-refractivity contribution in [3.05, 3.63) is 102 Å². The molecule has 1 atom stereocenters. The van der Waals surface area contributed by atoms with E-state index in [0.29, 0.717) is 6.54 Å². The van der Waals surface area contributed by atoms with Gasteiger partial charge in [-0.3, -0.25) is 9.69 Å². The van der Waals surface area contributed by atoms with E-state index in [9.17, 15) is 18.7 Å². The van der Waals surface area contributed by atoms with E-state index in [2.05, 4.69) is 9.80 Å². The lowest BCUT2D eigenvalue weighted by atomic mass is 9.87. The molecule has 0 bridgehead atoms. The van der Waals surface area contributed by atoms with Gasteiger partial charge in [0.1, 0.15) is 11.6 Å². The molecule has 0 radical (unpaired) electrons. The number of piperazine rings is 1. The molecule has 0 aromatic heterocycles. The number of para-hydroxylation sites is 1. The Morgan fingerprint density at radius 1 is 0.825 bits per heavy atom. The highest BCUT2D eigenvalue weighted by atomic mass is 35.5. The number of aliphatic hydroxyl groups excluding tert-OH is 1. The first-order valence-corrected chi connectivity index (χ1v) is 13.4. The van der Waals surface area contributed by atoms with Crippen LogP contribution in [0.3, 0.4) is 0 Å². The van der Waals surface area contributed by atoms with Gasteiger partial charge in [-0.2, -0.15) is 0 Å². The number of halogens is 4. The summed E-state index contributed by atoms with van der Waals surface area (Å²) in [6.45, 7) is 6.83.